The Kier molecular flexibility index (Phi) is 15.4. The van der Waals surface area contributed by atoms with E-state index in [0.717, 1.165) is 22.9 Å². The van der Waals surface area contributed by atoms with Gasteiger partial charge < -0.3 is 24.0 Å². The van der Waals surface area contributed by atoms with Crippen molar-refractivity contribution in [1.82, 2.24) is 0 Å². The van der Waals surface area contributed by atoms with Crippen LogP contribution in [0.5, 0.6) is 11.5 Å². The average molecular weight is 569 g/mol. The lowest BCUT2D eigenvalue weighted by atomic mass is 10.1. The Morgan fingerprint density at radius 2 is 1.31 bits per heavy atom. The van der Waals surface area contributed by atoms with Gasteiger partial charge in [0.05, 0.1) is 34.4 Å². The first-order chi connectivity index (χ1) is 18.6. The molecular weight excluding hydrogens is 517 g/mol. The van der Waals surface area contributed by atoms with Crippen LogP contribution in [0, 0.1) is 0 Å². The van der Waals surface area contributed by atoms with Crippen LogP contribution in [0.25, 0.3) is 10.8 Å². The zero-order chi connectivity index (χ0) is 28.6. The quantitative estimate of drug-likeness (QED) is 0.0925. The van der Waals surface area contributed by atoms with E-state index in [1.54, 1.807) is 0 Å². The molecule has 0 amide bonds. The zero-order valence-corrected chi connectivity index (χ0v) is 25.4. The van der Waals surface area contributed by atoms with Gasteiger partial charge in [-0.3, -0.25) is 9.05 Å². The minimum atomic E-state index is -4.23. The van der Waals surface area contributed by atoms with Crippen LogP contribution >= 0.6 is 7.82 Å². The van der Waals surface area contributed by atoms with Crippen LogP contribution in [0.15, 0.2) is 36.4 Å². The molecule has 2 rings (SSSR count). The van der Waals surface area contributed by atoms with E-state index in [0.29, 0.717) is 23.4 Å². The predicted molar refractivity (Wildman–Crippen MR) is 157 cm³/mol. The molecule has 0 radical (unpaired) electrons. The number of benzene rings is 2. The molecule has 2 aromatic carbocycles. The van der Waals surface area contributed by atoms with Gasteiger partial charge in [0.2, 0.25) is 0 Å². The van der Waals surface area contributed by atoms with Crippen molar-refractivity contribution in [3.63, 3.8) is 0 Å². The fourth-order valence-corrected chi connectivity index (χ4v) is 4.80. The molecule has 9 heteroatoms. The second kappa shape index (κ2) is 17.9. The molecule has 0 aliphatic heterocycles. The van der Waals surface area contributed by atoms with E-state index in [9.17, 15) is 14.6 Å². The Morgan fingerprint density at radius 3 is 1.90 bits per heavy atom. The summed E-state index contributed by atoms with van der Waals surface area (Å²) < 4.78 is 34.1. The monoisotopic (exact) mass is 568 g/mol. The summed E-state index contributed by atoms with van der Waals surface area (Å²) >= 11 is 0. The Balaban J connectivity index is 1.68. The maximum Gasteiger partial charge on any atom is 0.472 e. The van der Waals surface area contributed by atoms with Gasteiger partial charge in [-0.1, -0.05) is 76.8 Å². The molecule has 2 aromatic rings. The number of phosphoric acid groups is 1. The van der Waals surface area contributed by atoms with E-state index in [1.807, 2.05) is 57.5 Å². The highest BCUT2D eigenvalue weighted by Crippen LogP contribution is 2.43. The Hall–Kier alpha value is -1.67. The zero-order valence-electron chi connectivity index (χ0n) is 24.5. The van der Waals surface area contributed by atoms with Crippen LogP contribution in [0.3, 0.4) is 0 Å². The molecule has 2 atom stereocenters. The number of quaternary nitrogens is 1. The molecule has 0 aromatic heterocycles. The summed E-state index contributed by atoms with van der Waals surface area (Å²) in [7, 11) is 1.63. The third kappa shape index (κ3) is 15.6. The van der Waals surface area contributed by atoms with Crippen LogP contribution in [0.2, 0.25) is 0 Å². The first kappa shape index (κ1) is 33.5. The standard InChI is InChI=1S/C30H50NO7P/c1-5-6-7-8-9-10-11-12-13-14-20-35-29-17-15-26-16-18-30(23-27(26)22-29)36-24-28(32)25-38-39(33,34)37-21-19-31(2,3)4/h15-18,22-23,28,32H,5-14,19-21,24-25H2,1-4H3/p+1. The van der Waals surface area contributed by atoms with Gasteiger partial charge in [0.1, 0.15) is 37.4 Å². The number of phosphoric ester groups is 1. The Labute approximate surface area is 235 Å². The van der Waals surface area contributed by atoms with Gasteiger partial charge in [0.25, 0.3) is 0 Å². The van der Waals surface area contributed by atoms with Gasteiger partial charge in [0, 0.05) is 0 Å². The van der Waals surface area contributed by atoms with Crippen molar-refractivity contribution in [3.8, 4) is 11.5 Å². The first-order valence-electron chi connectivity index (χ1n) is 14.5. The van der Waals surface area contributed by atoms with Gasteiger partial charge in [-0.25, -0.2) is 4.57 Å². The van der Waals surface area contributed by atoms with E-state index in [1.165, 1.54) is 57.8 Å². The minimum absolute atomic E-state index is 0.0753. The number of ether oxygens (including phenoxy) is 2. The second-order valence-electron chi connectivity index (χ2n) is 11.3. The number of fused-ring (bicyclic) bond motifs is 1. The normalized spacial score (nSPS) is 14.3. The maximum atomic E-state index is 12.0. The highest BCUT2D eigenvalue weighted by molar-refractivity contribution is 7.47. The fourth-order valence-electron chi connectivity index (χ4n) is 4.05. The first-order valence-corrected chi connectivity index (χ1v) is 16.0. The van der Waals surface area contributed by atoms with Gasteiger partial charge in [0.15, 0.2) is 0 Å². The smallest absolute Gasteiger partial charge is 0.472 e. The van der Waals surface area contributed by atoms with Crippen LogP contribution < -0.4 is 9.47 Å². The third-order valence-electron chi connectivity index (χ3n) is 6.44. The SMILES string of the molecule is CCCCCCCCCCCCOc1ccc2ccc(OCC(O)COP(=O)(O)OCC[N+](C)(C)C)cc2c1. The van der Waals surface area contributed by atoms with E-state index in [4.69, 9.17) is 18.5 Å². The number of unbranched alkanes of at least 4 members (excludes halogenated alkanes) is 9. The number of hydrogen-bond donors (Lipinski definition) is 2. The molecule has 222 valence electrons. The van der Waals surface area contributed by atoms with E-state index in [2.05, 4.69) is 6.92 Å². The molecular formula is C30H51NO7P+. The number of rotatable bonds is 22. The Morgan fingerprint density at radius 1 is 0.744 bits per heavy atom. The number of hydrogen-bond acceptors (Lipinski definition) is 6. The summed E-state index contributed by atoms with van der Waals surface area (Å²) in [6, 6.07) is 11.7. The molecule has 0 spiro atoms. The van der Waals surface area contributed by atoms with Crippen LogP contribution in [0.4, 0.5) is 0 Å². The van der Waals surface area contributed by atoms with Crippen molar-refractivity contribution in [1.29, 1.82) is 0 Å². The molecule has 2 N–H and O–H groups in total. The summed E-state index contributed by atoms with van der Waals surface area (Å²) in [6.07, 6.45) is 11.9. The van der Waals surface area contributed by atoms with E-state index in [-0.39, 0.29) is 19.8 Å². The molecule has 8 nitrogen and oxygen atoms in total. The topological polar surface area (TPSA) is 94.5 Å². The number of nitrogens with zero attached hydrogens (tertiary/aromatic N) is 1. The fraction of sp³-hybridized carbons (Fsp3) is 0.667. The third-order valence-corrected chi connectivity index (χ3v) is 7.42. The van der Waals surface area contributed by atoms with Crippen molar-refractivity contribution in [2.75, 3.05) is 54.1 Å². The summed E-state index contributed by atoms with van der Waals surface area (Å²) in [6.45, 7) is 3.13. The molecule has 0 aliphatic carbocycles. The van der Waals surface area contributed by atoms with Crippen molar-refractivity contribution < 1.29 is 37.6 Å². The molecule has 0 saturated heterocycles. The summed E-state index contributed by atoms with van der Waals surface area (Å²) in [5, 5.41) is 12.2. The molecule has 0 saturated carbocycles. The molecule has 0 bridgehead atoms. The van der Waals surface area contributed by atoms with Gasteiger partial charge >= 0.3 is 7.82 Å². The van der Waals surface area contributed by atoms with Crippen molar-refractivity contribution >= 4 is 18.6 Å². The molecule has 0 aliphatic rings. The van der Waals surface area contributed by atoms with Crippen molar-refractivity contribution in [3.05, 3.63) is 36.4 Å². The lowest BCUT2D eigenvalue weighted by Crippen LogP contribution is -2.37. The number of likely N-dealkylation sites (N-methyl/N-ethyl adjacent to an activating group) is 1. The lowest BCUT2D eigenvalue weighted by molar-refractivity contribution is -0.870. The molecule has 39 heavy (non-hydrogen) atoms. The van der Waals surface area contributed by atoms with Gasteiger partial charge in [-0.05, 0) is 41.5 Å². The highest BCUT2D eigenvalue weighted by atomic mass is 31.2. The van der Waals surface area contributed by atoms with E-state index >= 15 is 0 Å². The highest BCUT2D eigenvalue weighted by Gasteiger charge is 2.24. The van der Waals surface area contributed by atoms with E-state index < -0.39 is 13.9 Å². The Bertz CT molecular complexity index is 995. The summed E-state index contributed by atoms with van der Waals surface area (Å²) in [5.74, 6) is 1.41. The van der Waals surface area contributed by atoms with Gasteiger partial charge in [-0.2, -0.15) is 0 Å². The lowest BCUT2D eigenvalue weighted by Gasteiger charge is -2.24. The summed E-state index contributed by atoms with van der Waals surface area (Å²) in [4.78, 5) is 9.79. The number of aliphatic hydroxyl groups is 1. The molecule has 0 fully saturated rings. The van der Waals surface area contributed by atoms with Gasteiger partial charge in [-0.15, -0.1) is 0 Å². The second-order valence-corrected chi connectivity index (χ2v) is 12.7. The predicted octanol–water partition coefficient (Wildman–Crippen LogP) is 6.72. The largest absolute Gasteiger partial charge is 0.494 e. The number of aliphatic hydroxyl groups excluding tert-OH is 1. The van der Waals surface area contributed by atoms with Crippen molar-refractivity contribution in [2.45, 2.75) is 77.2 Å². The summed E-state index contributed by atoms with van der Waals surface area (Å²) in [5.41, 5.74) is 0. The maximum absolute atomic E-state index is 12.0. The molecule has 2 unspecified atom stereocenters. The molecule has 0 heterocycles. The minimum Gasteiger partial charge on any atom is -0.494 e. The average Bonchev–Trinajstić information content (AvgIpc) is 2.88. The van der Waals surface area contributed by atoms with Crippen LogP contribution in [0.1, 0.15) is 71.1 Å². The van der Waals surface area contributed by atoms with Crippen molar-refractivity contribution in [2.24, 2.45) is 0 Å². The van der Waals surface area contributed by atoms with Crippen LogP contribution in [-0.2, 0) is 13.6 Å². The van der Waals surface area contributed by atoms with Crippen LogP contribution in [-0.4, -0.2) is 74.7 Å².